The highest BCUT2D eigenvalue weighted by molar-refractivity contribution is 5.94. The standard InChI is InChI=1S/C16H24N2O3/c1-12-10-18(11-13(2)21-12)8-4-7-17-16(20)14-5-3-6-15(19)9-14/h3,5-6,9,12-13,19H,4,7-8,10-11H2,1-2H3,(H,17,20)/t12-,13-/m1/s1. The summed E-state index contributed by atoms with van der Waals surface area (Å²) >= 11 is 0. The van der Waals surface area contributed by atoms with Gasteiger partial charge in [0.25, 0.3) is 5.91 Å². The van der Waals surface area contributed by atoms with Crippen molar-refractivity contribution in [2.24, 2.45) is 0 Å². The lowest BCUT2D eigenvalue weighted by Gasteiger charge is -2.35. The van der Waals surface area contributed by atoms with Gasteiger partial charge in [-0.25, -0.2) is 0 Å². The molecule has 0 spiro atoms. The first kappa shape index (κ1) is 15.8. The number of phenolic OH excluding ortho intramolecular Hbond substituents is 1. The molecule has 0 bridgehead atoms. The van der Waals surface area contributed by atoms with Crippen molar-refractivity contribution in [2.75, 3.05) is 26.2 Å². The predicted octanol–water partition coefficient (Wildman–Crippen LogP) is 1.62. The van der Waals surface area contributed by atoms with E-state index >= 15 is 0 Å². The highest BCUT2D eigenvalue weighted by Crippen LogP contribution is 2.11. The minimum atomic E-state index is -0.144. The molecule has 0 radical (unpaired) electrons. The van der Waals surface area contributed by atoms with Crippen molar-refractivity contribution >= 4 is 5.91 Å². The monoisotopic (exact) mass is 292 g/mol. The van der Waals surface area contributed by atoms with Crippen LogP contribution in [0, 0.1) is 0 Å². The number of aromatic hydroxyl groups is 1. The van der Waals surface area contributed by atoms with Gasteiger partial charge in [-0.2, -0.15) is 0 Å². The van der Waals surface area contributed by atoms with E-state index in [0.717, 1.165) is 26.1 Å². The zero-order chi connectivity index (χ0) is 15.2. The van der Waals surface area contributed by atoms with Crippen molar-refractivity contribution in [3.05, 3.63) is 29.8 Å². The van der Waals surface area contributed by atoms with Crippen LogP contribution in [0.1, 0.15) is 30.6 Å². The molecule has 1 aromatic rings. The largest absolute Gasteiger partial charge is 0.508 e. The summed E-state index contributed by atoms with van der Waals surface area (Å²) in [6.07, 6.45) is 1.45. The van der Waals surface area contributed by atoms with E-state index in [1.165, 1.54) is 6.07 Å². The van der Waals surface area contributed by atoms with Crippen LogP contribution in [0.3, 0.4) is 0 Å². The maximum absolute atomic E-state index is 11.9. The van der Waals surface area contributed by atoms with Crippen LogP contribution >= 0.6 is 0 Å². The zero-order valence-electron chi connectivity index (χ0n) is 12.7. The van der Waals surface area contributed by atoms with Crippen LogP contribution in [-0.2, 0) is 4.74 Å². The molecule has 5 nitrogen and oxygen atoms in total. The molecule has 1 heterocycles. The van der Waals surface area contributed by atoms with E-state index in [0.29, 0.717) is 12.1 Å². The first-order valence-electron chi connectivity index (χ1n) is 7.49. The molecule has 0 aliphatic carbocycles. The van der Waals surface area contributed by atoms with Gasteiger partial charge in [-0.05, 0) is 38.5 Å². The van der Waals surface area contributed by atoms with Crippen molar-refractivity contribution in [3.8, 4) is 5.75 Å². The summed E-state index contributed by atoms with van der Waals surface area (Å²) in [6.45, 7) is 7.67. The predicted molar refractivity (Wildman–Crippen MR) is 81.5 cm³/mol. The highest BCUT2D eigenvalue weighted by atomic mass is 16.5. The van der Waals surface area contributed by atoms with Crippen molar-refractivity contribution in [2.45, 2.75) is 32.5 Å². The topological polar surface area (TPSA) is 61.8 Å². The van der Waals surface area contributed by atoms with Crippen molar-refractivity contribution in [1.29, 1.82) is 0 Å². The first-order chi connectivity index (χ1) is 10.0. The lowest BCUT2D eigenvalue weighted by molar-refractivity contribution is -0.0679. The molecule has 2 rings (SSSR count). The third-order valence-electron chi connectivity index (χ3n) is 3.54. The molecule has 1 aliphatic heterocycles. The molecule has 1 fully saturated rings. The molecule has 0 saturated carbocycles. The zero-order valence-corrected chi connectivity index (χ0v) is 12.7. The number of benzene rings is 1. The minimum Gasteiger partial charge on any atom is -0.508 e. The molecule has 116 valence electrons. The number of rotatable bonds is 5. The molecule has 1 aromatic carbocycles. The summed E-state index contributed by atoms with van der Waals surface area (Å²) < 4.78 is 5.69. The second-order valence-electron chi connectivity index (χ2n) is 5.68. The molecule has 1 saturated heterocycles. The second-order valence-corrected chi connectivity index (χ2v) is 5.68. The Balaban J connectivity index is 1.69. The molecular formula is C16H24N2O3. The number of nitrogens with one attached hydrogen (secondary N) is 1. The Kier molecular flexibility index (Phi) is 5.59. The SMILES string of the molecule is C[C@@H]1CN(CCCNC(=O)c2cccc(O)c2)C[C@@H](C)O1. The fourth-order valence-electron chi connectivity index (χ4n) is 2.72. The van der Waals surface area contributed by atoms with E-state index < -0.39 is 0 Å². The maximum atomic E-state index is 11.9. The summed E-state index contributed by atoms with van der Waals surface area (Å²) in [5.74, 6) is -0.0337. The van der Waals surface area contributed by atoms with Crippen LogP contribution in [0.5, 0.6) is 5.75 Å². The fourth-order valence-corrected chi connectivity index (χ4v) is 2.72. The van der Waals surface area contributed by atoms with Crippen LogP contribution < -0.4 is 5.32 Å². The molecule has 1 amide bonds. The summed E-state index contributed by atoms with van der Waals surface area (Å²) in [4.78, 5) is 14.3. The normalized spacial score (nSPS) is 23.0. The van der Waals surface area contributed by atoms with Crippen LogP contribution in [0.4, 0.5) is 0 Å². The molecule has 1 aliphatic rings. The number of hydrogen-bond acceptors (Lipinski definition) is 4. The van der Waals surface area contributed by atoms with Crippen molar-refractivity contribution < 1.29 is 14.6 Å². The van der Waals surface area contributed by atoms with Crippen molar-refractivity contribution in [3.63, 3.8) is 0 Å². The van der Waals surface area contributed by atoms with Gasteiger partial charge in [-0.15, -0.1) is 0 Å². The number of phenols is 1. The Hall–Kier alpha value is -1.59. The second kappa shape index (κ2) is 7.43. The quantitative estimate of drug-likeness (QED) is 0.810. The van der Waals surface area contributed by atoms with Crippen LogP contribution in [0.15, 0.2) is 24.3 Å². The molecule has 5 heteroatoms. The third-order valence-corrected chi connectivity index (χ3v) is 3.54. The third kappa shape index (κ3) is 5.02. The number of nitrogens with zero attached hydrogens (tertiary/aromatic N) is 1. The fraction of sp³-hybridized carbons (Fsp3) is 0.562. The number of hydrogen-bond donors (Lipinski definition) is 2. The summed E-state index contributed by atoms with van der Waals surface area (Å²) in [5, 5.41) is 12.2. The van der Waals surface area contributed by atoms with Gasteiger partial charge < -0.3 is 15.2 Å². The van der Waals surface area contributed by atoms with E-state index in [4.69, 9.17) is 4.74 Å². The Bertz CT molecular complexity index is 468. The lowest BCUT2D eigenvalue weighted by atomic mass is 10.2. The molecule has 2 atom stereocenters. The van der Waals surface area contributed by atoms with E-state index in [1.807, 2.05) is 0 Å². The average Bonchev–Trinajstić information content (AvgIpc) is 2.42. The molecule has 21 heavy (non-hydrogen) atoms. The smallest absolute Gasteiger partial charge is 0.251 e. The van der Waals surface area contributed by atoms with Crippen LogP contribution in [-0.4, -0.2) is 54.3 Å². The number of carbonyl (C=O) groups excluding carboxylic acids is 1. The Morgan fingerprint density at radius 3 is 2.76 bits per heavy atom. The number of ether oxygens (including phenoxy) is 1. The van der Waals surface area contributed by atoms with Gasteiger partial charge in [-0.1, -0.05) is 6.07 Å². The number of amides is 1. The van der Waals surface area contributed by atoms with Crippen LogP contribution in [0.2, 0.25) is 0 Å². The summed E-state index contributed by atoms with van der Waals surface area (Å²) in [7, 11) is 0. The first-order valence-corrected chi connectivity index (χ1v) is 7.49. The molecule has 0 unspecified atom stereocenters. The molecular weight excluding hydrogens is 268 g/mol. The van der Waals surface area contributed by atoms with E-state index in [2.05, 4.69) is 24.1 Å². The summed E-state index contributed by atoms with van der Waals surface area (Å²) in [5.41, 5.74) is 0.489. The Morgan fingerprint density at radius 2 is 2.10 bits per heavy atom. The maximum Gasteiger partial charge on any atom is 0.251 e. The Morgan fingerprint density at radius 1 is 1.38 bits per heavy atom. The van der Waals surface area contributed by atoms with E-state index in [1.54, 1.807) is 18.2 Å². The number of carbonyl (C=O) groups is 1. The number of morpholine rings is 1. The van der Waals surface area contributed by atoms with Gasteiger partial charge in [0.15, 0.2) is 0 Å². The lowest BCUT2D eigenvalue weighted by Crippen LogP contribution is -2.46. The van der Waals surface area contributed by atoms with E-state index in [9.17, 15) is 9.90 Å². The van der Waals surface area contributed by atoms with Crippen LogP contribution in [0.25, 0.3) is 0 Å². The minimum absolute atomic E-state index is 0.110. The molecule has 2 N–H and O–H groups in total. The van der Waals surface area contributed by atoms with Gasteiger partial charge in [0.05, 0.1) is 12.2 Å². The molecule has 0 aromatic heterocycles. The van der Waals surface area contributed by atoms with Gasteiger partial charge in [0, 0.05) is 31.7 Å². The Labute approximate surface area is 125 Å². The highest BCUT2D eigenvalue weighted by Gasteiger charge is 2.21. The van der Waals surface area contributed by atoms with Gasteiger partial charge in [-0.3, -0.25) is 9.69 Å². The van der Waals surface area contributed by atoms with E-state index in [-0.39, 0.29) is 23.9 Å². The van der Waals surface area contributed by atoms with Gasteiger partial charge >= 0.3 is 0 Å². The van der Waals surface area contributed by atoms with Gasteiger partial charge in [0.1, 0.15) is 5.75 Å². The van der Waals surface area contributed by atoms with Gasteiger partial charge in [0.2, 0.25) is 0 Å². The van der Waals surface area contributed by atoms with Crippen molar-refractivity contribution in [1.82, 2.24) is 10.2 Å². The average molecular weight is 292 g/mol. The summed E-state index contributed by atoms with van der Waals surface area (Å²) in [6, 6.07) is 6.39.